The van der Waals surface area contributed by atoms with Crippen LogP contribution >= 0.6 is 0 Å². The van der Waals surface area contributed by atoms with Gasteiger partial charge in [-0.2, -0.15) is 17.5 Å². The summed E-state index contributed by atoms with van der Waals surface area (Å²) in [6, 6.07) is 4.13. The van der Waals surface area contributed by atoms with Crippen molar-refractivity contribution in [2.24, 2.45) is 5.92 Å². The number of rotatable bonds is 3. The SMILES string of the molecule is CNC(=O)C1CCN(S(=O)(=O)c2ccccc2C(F)(F)F)CC1. The lowest BCUT2D eigenvalue weighted by molar-refractivity contribution is -0.139. The first-order chi connectivity index (χ1) is 10.7. The minimum atomic E-state index is -4.75. The number of hydrogen-bond donors (Lipinski definition) is 1. The van der Waals surface area contributed by atoms with Crippen molar-refractivity contribution >= 4 is 15.9 Å². The van der Waals surface area contributed by atoms with Crippen LogP contribution in [0.3, 0.4) is 0 Å². The molecule has 0 atom stereocenters. The van der Waals surface area contributed by atoms with Gasteiger partial charge in [0.05, 0.1) is 10.5 Å². The first-order valence-electron chi connectivity index (χ1n) is 7.06. The summed E-state index contributed by atoms with van der Waals surface area (Å²) >= 11 is 0. The highest BCUT2D eigenvalue weighted by molar-refractivity contribution is 7.89. The molecule has 0 aliphatic carbocycles. The molecule has 1 aromatic carbocycles. The fourth-order valence-electron chi connectivity index (χ4n) is 2.63. The molecule has 1 saturated heterocycles. The maximum absolute atomic E-state index is 13.0. The first kappa shape index (κ1) is 17.7. The van der Waals surface area contributed by atoms with Gasteiger partial charge in [0.1, 0.15) is 0 Å². The summed E-state index contributed by atoms with van der Waals surface area (Å²) in [4.78, 5) is 10.8. The van der Waals surface area contributed by atoms with Crippen molar-refractivity contribution in [3.05, 3.63) is 29.8 Å². The molecule has 0 bridgehead atoms. The zero-order valence-corrected chi connectivity index (χ0v) is 13.2. The number of nitrogens with zero attached hydrogens (tertiary/aromatic N) is 1. The Bertz CT molecular complexity index is 681. The Balaban J connectivity index is 2.26. The first-order valence-corrected chi connectivity index (χ1v) is 8.50. The molecule has 1 amide bonds. The summed E-state index contributed by atoms with van der Waals surface area (Å²) in [5.41, 5.74) is -1.17. The lowest BCUT2D eigenvalue weighted by atomic mass is 9.97. The lowest BCUT2D eigenvalue weighted by Gasteiger charge is -2.31. The van der Waals surface area contributed by atoms with E-state index >= 15 is 0 Å². The van der Waals surface area contributed by atoms with Crippen LogP contribution in [0.5, 0.6) is 0 Å². The molecule has 1 N–H and O–H groups in total. The lowest BCUT2D eigenvalue weighted by Crippen LogP contribution is -2.42. The van der Waals surface area contributed by atoms with Gasteiger partial charge < -0.3 is 5.32 Å². The smallest absolute Gasteiger partial charge is 0.359 e. The standard InChI is InChI=1S/C14H17F3N2O3S/c1-18-13(20)10-6-8-19(9-7-10)23(21,22)12-5-3-2-4-11(12)14(15,16)17/h2-5,10H,6-9H2,1H3,(H,18,20). The van der Waals surface area contributed by atoms with Gasteiger partial charge in [0.25, 0.3) is 0 Å². The minimum absolute atomic E-state index is 0.0204. The van der Waals surface area contributed by atoms with E-state index in [1.807, 2.05) is 0 Å². The third kappa shape index (κ3) is 3.66. The van der Waals surface area contributed by atoms with E-state index in [2.05, 4.69) is 5.32 Å². The molecule has 0 radical (unpaired) electrons. The van der Waals surface area contributed by atoms with Crippen LogP contribution in [0.25, 0.3) is 0 Å². The normalized spacial score (nSPS) is 17.9. The van der Waals surface area contributed by atoms with Crippen LogP contribution in [0.1, 0.15) is 18.4 Å². The Morgan fingerprint density at radius 2 is 1.78 bits per heavy atom. The Hall–Kier alpha value is -1.61. The largest absolute Gasteiger partial charge is 0.417 e. The van der Waals surface area contributed by atoms with Gasteiger partial charge in [-0.05, 0) is 25.0 Å². The van der Waals surface area contributed by atoms with E-state index in [-0.39, 0.29) is 37.8 Å². The van der Waals surface area contributed by atoms with Crippen molar-refractivity contribution in [1.29, 1.82) is 0 Å². The molecule has 1 aliphatic heterocycles. The molecule has 9 heteroatoms. The molecule has 0 unspecified atom stereocenters. The van der Waals surface area contributed by atoms with Gasteiger partial charge >= 0.3 is 6.18 Å². The predicted octanol–water partition coefficient (Wildman–Crippen LogP) is 1.85. The second-order valence-corrected chi connectivity index (χ2v) is 7.19. The van der Waals surface area contributed by atoms with Gasteiger partial charge in [-0.15, -0.1) is 0 Å². The van der Waals surface area contributed by atoms with Gasteiger partial charge in [0.15, 0.2) is 0 Å². The van der Waals surface area contributed by atoms with Gasteiger partial charge in [-0.1, -0.05) is 12.1 Å². The summed E-state index contributed by atoms with van der Waals surface area (Å²) in [5, 5.41) is 2.49. The molecule has 23 heavy (non-hydrogen) atoms. The van der Waals surface area contributed by atoms with E-state index < -0.39 is 26.7 Å². The zero-order chi connectivity index (χ0) is 17.3. The van der Waals surface area contributed by atoms with E-state index in [4.69, 9.17) is 0 Å². The molecular weight excluding hydrogens is 333 g/mol. The summed E-state index contributed by atoms with van der Waals surface area (Å²) in [7, 11) is -2.76. The van der Waals surface area contributed by atoms with Gasteiger partial charge in [-0.3, -0.25) is 4.79 Å². The number of sulfonamides is 1. The summed E-state index contributed by atoms with van der Waals surface area (Å²) in [5.74, 6) is -0.498. The molecule has 1 aliphatic rings. The number of carbonyl (C=O) groups excluding carboxylic acids is 1. The van der Waals surface area contributed by atoms with E-state index in [1.165, 1.54) is 13.1 Å². The van der Waals surface area contributed by atoms with Gasteiger partial charge in [-0.25, -0.2) is 8.42 Å². The second-order valence-electron chi connectivity index (χ2n) is 5.29. The van der Waals surface area contributed by atoms with Crippen molar-refractivity contribution < 1.29 is 26.4 Å². The summed E-state index contributed by atoms with van der Waals surface area (Å²) < 4.78 is 65.1. The number of hydrogen-bond acceptors (Lipinski definition) is 3. The molecule has 0 saturated carbocycles. The third-order valence-electron chi connectivity index (χ3n) is 3.88. The monoisotopic (exact) mass is 350 g/mol. The fraction of sp³-hybridized carbons (Fsp3) is 0.500. The highest BCUT2D eigenvalue weighted by Gasteiger charge is 2.40. The quantitative estimate of drug-likeness (QED) is 0.905. The number of halogens is 3. The molecule has 1 fully saturated rings. The van der Waals surface area contributed by atoms with Crippen molar-refractivity contribution in [3.63, 3.8) is 0 Å². The highest BCUT2D eigenvalue weighted by Crippen LogP contribution is 2.35. The number of piperidine rings is 1. The average Bonchev–Trinajstić information content (AvgIpc) is 2.53. The van der Waals surface area contributed by atoms with Crippen molar-refractivity contribution in [1.82, 2.24) is 9.62 Å². The van der Waals surface area contributed by atoms with Crippen molar-refractivity contribution in [2.75, 3.05) is 20.1 Å². The van der Waals surface area contributed by atoms with Gasteiger partial charge in [0.2, 0.25) is 15.9 Å². The van der Waals surface area contributed by atoms with Crippen LogP contribution in [0.4, 0.5) is 13.2 Å². The Morgan fingerprint density at radius 3 is 2.30 bits per heavy atom. The van der Waals surface area contributed by atoms with E-state index in [0.717, 1.165) is 22.5 Å². The highest BCUT2D eigenvalue weighted by atomic mass is 32.2. The molecule has 0 aromatic heterocycles. The van der Waals surface area contributed by atoms with Crippen LogP contribution in [-0.2, 0) is 21.0 Å². The maximum atomic E-state index is 13.0. The molecule has 1 aromatic rings. The Labute approximate surface area is 132 Å². The maximum Gasteiger partial charge on any atom is 0.417 e. The molecule has 5 nitrogen and oxygen atoms in total. The second kappa shape index (κ2) is 6.48. The molecule has 1 heterocycles. The Morgan fingerprint density at radius 1 is 1.22 bits per heavy atom. The zero-order valence-electron chi connectivity index (χ0n) is 12.4. The number of amides is 1. The van der Waals surface area contributed by atoms with Crippen LogP contribution in [0.15, 0.2) is 29.2 Å². The summed E-state index contributed by atoms with van der Waals surface area (Å²) in [6.45, 7) is 0.0409. The van der Waals surface area contributed by atoms with Crippen LogP contribution in [-0.4, -0.2) is 38.8 Å². The third-order valence-corrected chi connectivity index (χ3v) is 5.84. The van der Waals surface area contributed by atoms with Gasteiger partial charge in [0, 0.05) is 26.1 Å². The topological polar surface area (TPSA) is 66.5 Å². The van der Waals surface area contributed by atoms with Crippen LogP contribution in [0, 0.1) is 5.92 Å². The average molecular weight is 350 g/mol. The predicted molar refractivity (Wildman–Crippen MR) is 77.0 cm³/mol. The minimum Gasteiger partial charge on any atom is -0.359 e. The van der Waals surface area contributed by atoms with E-state index in [1.54, 1.807) is 0 Å². The van der Waals surface area contributed by atoms with Crippen molar-refractivity contribution in [2.45, 2.75) is 23.9 Å². The molecule has 2 rings (SSSR count). The number of benzene rings is 1. The van der Waals surface area contributed by atoms with E-state index in [9.17, 15) is 26.4 Å². The summed E-state index contributed by atoms with van der Waals surface area (Å²) in [6.07, 6.45) is -4.18. The van der Waals surface area contributed by atoms with Crippen LogP contribution < -0.4 is 5.32 Å². The molecule has 128 valence electrons. The van der Waals surface area contributed by atoms with E-state index in [0.29, 0.717) is 0 Å². The Kier molecular flexibility index (Phi) is 5.00. The number of nitrogens with one attached hydrogen (secondary N) is 1. The number of carbonyl (C=O) groups is 1. The number of alkyl halides is 3. The molecular formula is C14H17F3N2O3S. The van der Waals surface area contributed by atoms with Crippen molar-refractivity contribution in [3.8, 4) is 0 Å². The molecule has 0 spiro atoms. The fourth-order valence-corrected chi connectivity index (χ4v) is 4.31. The van der Waals surface area contributed by atoms with Crippen LogP contribution in [0.2, 0.25) is 0 Å².